The van der Waals surface area contributed by atoms with Crippen LogP contribution >= 0.6 is 0 Å². The first kappa shape index (κ1) is 16.7. The number of hydrogen-bond acceptors (Lipinski definition) is 3. The highest BCUT2D eigenvalue weighted by Gasteiger charge is 2.18. The molecule has 0 aliphatic heterocycles. The van der Waals surface area contributed by atoms with E-state index in [0.717, 1.165) is 24.9 Å². The quantitative estimate of drug-likeness (QED) is 0.755. The van der Waals surface area contributed by atoms with Crippen LogP contribution < -0.4 is 0 Å². The molecule has 0 saturated heterocycles. The maximum absolute atomic E-state index is 11.3. The third-order valence-corrected chi connectivity index (χ3v) is 3.66. The van der Waals surface area contributed by atoms with Gasteiger partial charge in [-0.2, -0.15) is 0 Å². The fourth-order valence-corrected chi connectivity index (χ4v) is 2.49. The first-order valence-electron chi connectivity index (χ1n) is 7.18. The summed E-state index contributed by atoms with van der Waals surface area (Å²) in [5.74, 6) is -0.864. The average Bonchev–Trinajstić information content (AvgIpc) is 2.46. The van der Waals surface area contributed by atoms with Gasteiger partial charge in [-0.05, 0) is 24.5 Å². The van der Waals surface area contributed by atoms with E-state index < -0.39 is 5.97 Å². The molecule has 0 amide bonds. The van der Waals surface area contributed by atoms with Gasteiger partial charge < -0.3 is 9.84 Å². The van der Waals surface area contributed by atoms with E-state index in [0.29, 0.717) is 24.8 Å². The van der Waals surface area contributed by atoms with Crippen LogP contribution in [0.1, 0.15) is 42.6 Å². The molecule has 1 aromatic rings. The Labute approximate surface area is 121 Å². The Morgan fingerprint density at radius 3 is 2.50 bits per heavy atom. The van der Waals surface area contributed by atoms with Gasteiger partial charge in [0.1, 0.15) is 0 Å². The molecule has 0 fully saturated rings. The normalized spacial score (nSPS) is 11.2. The van der Waals surface area contributed by atoms with Gasteiger partial charge in [-0.3, -0.25) is 4.90 Å². The van der Waals surface area contributed by atoms with Gasteiger partial charge in [-0.15, -0.1) is 0 Å². The molecule has 4 heteroatoms. The Bertz CT molecular complexity index is 416. The molecular formula is C16H25NO3. The molecule has 1 aromatic carbocycles. The Kier molecular flexibility index (Phi) is 7.26. The summed E-state index contributed by atoms with van der Waals surface area (Å²) in [6, 6.07) is 7.67. The summed E-state index contributed by atoms with van der Waals surface area (Å²) in [4.78, 5) is 13.6. The number of hydrogen-bond donors (Lipinski definition) is 1. The van der Waals surface area contributed by atoms with Crippen molar-refractivity contribution in [3.05, 3.63) is 35.4 Å². The number of ether oxygens (including phenoxy) is 1. The number of nitrogens with zero attached hydrogens (tertiary/aromatic N) is 1. The maximum atomic E-state index is 11.3. The van der Waals surface area contributed by atoms with Crippen molar-refractivity contribution in [3.8, 4) is 0 Å². The molecule has 20 heavy (non-hydrogen) atoms. The van der Waals surface area contributed by atoms with Crippen LogP contribution in [0.4, 0.5) is 0 Å². The zero-order valence-electron chi connectivity index (χ0n) is 12.6. The number of carbonyl (C=O) groups is 1. The molecule has 0 aliphatic carbocycles. The van der Waals surface area contributed by atoms with E-state index in [9.17, 15) is 9.90 Å². The zero-order valence-corrected chi connectivity index (χ0v) is 12.6. The van der Waals surface area contributed by atoms with Gasteiger partial charge in [0, 0.05) is 26.2 Å². The monoisotopic (exact) mass is 279 g/mol. The first-order chi connectivity index (χ1) is 9.63. The summed E-state index contributed by atoms with van der Waals surface area (Å²) in [6.07, 6.45) is 2.10. The highest BCUT2D eigenvalue weighted by atomic mass is 16.5. The minimum absolute atomic E-state index is 0.390. The Morgan fingerprint density at radius 2 is 1.95 bits per heavy atom. The standard InChI is InChI=1S/C16H25NO3/c1-4-14(5-2)17(10-11-20-3)12-13-8-6-7-9-15(13)16(18)19/h6-9,14H,4-5,10-12H2,1-3H3,(H,18,19). The predicted octanol–water partition coefficient (Wildman–Crippen LogP) is 3.02. The number of carboxylic acids is 1. The van der Waals surface area contributed by atoms with Crippen molar-refractivity contribution in [2.75, 3.05) is 20.3 Å². The van der Waals surface area contributed by atoms with Crippen LogP contribution in [0.3, 0.4) is 0 Å². The van der Waals surface area contributed by atoms with Gasteiger partial charge in [-0.1, -0.05) is 32.0 Å². The van der Waals surface area contributed by atoms with Crippen LogP contribution in [0, 0.1) is 0 Å². The Balaban J connectivity index is 2.91. The largest absolute Gasteiger partial charge is 0.478 e. The van der Waals surface area contributed by atoms with E-state index in [4.69, 9.17) is 4.74 Å². The fourth-order valence-electron chi connectivity index (χ4n) is 2.49. The second-order valence-corrected chi connectivity index (χ2v) is 4.90. The summed E-state index contributed by atoms with van der Waals surface area (Å²) in [7, 11) is 1.69. The van der Waals surface area contributed by atoms with Crippen LogP contribution in [0.25, 0.3) is 0 Å². The highest BCUT2D eigenvalue weighted by Crippen LogP contribution is 2.16. The summed E-state index contributed by atoms with van der Waals surface area (Å²) in [6.45, 7) is 6.45. The second kappa shape index (κ2) is 8.72. The zero-order chi connectivity index (χ0) is 15.0. The van der Waals surface area contributed by atoms with Crippen LogP contribution in [-0.2, 0) is 11.3 Å². The molecule has 0 aromatic heterocycles. The molecule has 0 radical (unpaired) electrons. The number of benzene rings is 1. The molecule has 112 valence electrons. The van der Waals surface area contributed by atoms with Crippen molar-refractivity contribution >= 4 is 5.97 Å². The number of methoxy groups -OCH3 is 1. The van der Waals surface area contributed by atoms with E-state index in [2.05, 4.69) is 18.7 Å². The van der Waals surface area contributed by atoms with Crippen molar-refractivity contribution < 1.29 is 14.6 Å². The van der Waals surface area contributed by atoms with E-state index in [-0.39, 0.29) is 0 Å². The average molecular weight is 279 g/mol. The van der Waals surface area contributed by atoms with Crippen molar-refractivity contribution in [2.45, 2.75) is 39.3 Å². The Morgan fingerprint density at radius 1 is 1.30 bits per heavy atom. The molecular weight excluding hydrogens is 254 g/mol. The van der Waals surface area contributed by atoms with Crippen molar-refractivity contribution in [3.63, 3.8) is 0 Å². The minimum Gasteiger partial charge on any atom is -0.478 e. The van der Waals surface area contributed by atoms with Gasteiger partial charge in [0.2, 0.25) is 0 Å². The summed E-state index contributed by atoms with van der Waals surface area (Å²) in [5.41, 5.74) is 1.25. The highest BCUT2D eigenvalue weighted by molar-refractivity contribution is 5.89. The fraction of sp³-hybridized carbons (Fsp3) is 0.562. The van der Waals surface area contributed by atoms with Crippen LogP contribution in [0.2, 0.25) is 0 Å². The maximum Gasteiger partial charge on any atom is 0.336 e. The van der Waals surface area contributed by atoms with Gasteiger partial charge in [0.05, 0.1) is 12.2 Å². The molecule has 0 atom stereocenters. The first-order valence-corrected chi connectivity index (χ1v) is 7.18. The molecule has 0 saturated carbocycles. The topological polar surface area (TPSA) is 49.8 Å². The molecule has 0 heterocycles. The molecule has 4 nitrogen and oxygen atoms in total. The summed E-state index contributed by atoms with van der Waals surface area (Å²) >= 11 is 0. The van der Waals surface area contributed by atoms with E-state index >= 15 is 0 Å². The van der Waals surface area contributed by atoms with E-state index in [1.54, 1.807) is 19.2 Å². The van der Waals surface area contributed by atoms with Gasteiger partial charge >= 0.3 is 5.97 Å². The van der Waals surface area contributed by atoms with Crippen molar-refractivity contribution in [1.29, 1.82) is 0 Å². The second-order valence-electron chi connectivity index (χ2n) is 4.90. The molecule has 1 rings (SSSR count). The number of rotatable bonds is 9. The smallest absolute Gasteiger partial charge is 0.336 e. The van der Waals surface area contributed by atoms with Gasteiger partial charge in [0.25, 0.3) is 0 Å². The van der Waals surface area contributed by atoms with Crippen molar-refractivity contribution in [2.24, 2.45) is 0 Å². The molecule has 0 aliphatic rings. The van der Waals surface area contributed by atoms with E-state index in [1.807, 2.05) is 12.1 Å². The van der Waals surface area contributed by atoms with Crippen LogP contribution in [0.5, 0.6) is 0 Å². The lowest BCUT2D eigenvalue weighted by Gasteiger charge is -2.30. The summed E-state index contributed by atoms with van der Waals surface area (Å²) in [5, 5.41) is 9.26. The molecule has 0 bridgehead atoms. The SMILES string of the molecule is CCC(CC)N(CCOC)Cc1ccccc1C(=O)O. The summed E-state index contributed by atoms with van der Waals surface area (Å²) < 4.78 is 5.17. The number of aromatic carboxylic acids is 1. The lowest BCUT2D eigenvalue weighted by Crippen LogP contribution is -2.36. The predicted molar refractivity (Wildman–Crippen MR) is 80.1 cm³/mol. The number of carboxylic acid groups (broad SMARTS) is 1. The third kappa shape index (κ3) is 4.62. The minimum atomic E-state index is -0.864. The van der Waals surface area contributed by atoms with E-state index in [1.165, 1.54) is 0 Å². The van der Waals surface area contributed by atoms with Crippen LogP contribution in [-0.4, -0.2) is 42.3 Å². The lowest BCUT2D eigenvalue weighted by atomic mass is 10.0. The molecule has 0 unspecified atom stereocenters. The van der Waals surface area contributed by atoms with Crippen LogP contribution in [0.15, 0.2) is 24.3 Å². The Hall–Kier alpha value is -1.39. The molecule has 1 N–H and O–H groups in total. The lowest BCUT2D eigenvalue weighted by molar-refractivity contribution is 0.0691. The third-order valence-electron chi connectivity index (χ3n) is 3.66. The van der Waals surface area contributed by atoms with Gasteiger partial charge in [0.15, 0.2) is 0 Å². The van der Waals surface area contributed by atoms with Gasteiger partial charge in [-0.25, -0.2) is 4.79 Å². The molecule has 0 spiro atoms. The van der Waals surface area contributed by atoms with Crippen molar-refractivity contribution in [1.82, 2.24) is 4.90 Å².